The maximum atomic E-state index is 13.3. The molecule has 1 N–H and O–H groups in total. The van der Waals surface area contributed by atoms with E-state index in [1.165, 1.54) is 25.8 Å². The summed E-state index contributed by atoms with van der Waals surface area (Å²) >= 11 is 0. The van der Waals surface area contributed by atoms with Gasteiger partial charge in [-0.15, -0.1) is 0 Å². The Morgan fingerprint density at radius 1 is 1.13 bits per heavy atom. The summed E-state index contributed by atoms with van der Waals surface area (Å²) in [4.78, 5) is 19.1. The number of amides is 1. The number of hydrogen-bond donors (Lipinski definition) is 1. The van der Waals surface area contributed by atoms with Crippen molar-refractivity contribution in [3.05, 3.63) is 29.2 Å². The van der Waals surface area contributed by atoms with E-state index in [0.29, 0.717) is 11.1 Å². The van der Waals surface area contributed by atoms with Crippen molar-refractivity contribution >= 4 is 11.6 Å². The zero-order valence-electron chi connectivity index (χ0n) is 18.9. The van der Waals surface area contributed by atoms with Gasteiger partial charge >= 0.3 is 6.18 Å². The molecular weight excluding hydrogens is 407 g/mol. The van der Waals surface area contributed by atoms with E-state index in [1.807, 2.05) is 6.92 Å². The van der Waals surface area contributed by atoms with Gasteiger partial charge in [0.05, 0.1) is 0 Å². The Morgan fingerprint density at radius 2 is 1.74 bits per heavy atom. The minimum absolute atomic E-state index is 0.00545. The van der Waals surface area contributed by atoms with Crippen LogP contribution < -0.4 is 5.32 Å². The fourth-order valence-corrected chi connectivity index (χ4v) is 3.61. The molecule has 0 radical (unpaired) electrons. The highest BCUT2D eigenvalue weighted by molar-refractivity contribution is 5.93. The molecular formula is C22H34F3N5O. The predicted molar refractivity (Wildman–Crippen MR) is 115 cm³/mol. The molecule has 174 valence electrons. The van der Waals surface area contributed by atoms with Gasteiger partial charge in [-0.1, -0.05) is 39.5 Å². The molecule has 0 spiro atoms. The quantitative estimate of drug-likeness (QED) is 0.478. The Balaban J connectivity index is 2.07. The summed E-state index contributed by atoms with van der Waals surface area (Å²) in [6, 6.07) is 2.07. The van der Waals surface area contributed by atoms with Crippen LogP contribution >= 0.6 is 0 Å². The number of carbonyl (C=O) groups excluding carboxylic acids is 1. The van der Waals surface area contributed by atoms with Crippen LogP contribution in [0.3, 0.4) is 0 Å². The zero-order valence-corrected chi connectivity index (χ0v) is 18.9. The maximum absolute atomic E-state index is 13.3. The van der Waals surface area contributed by atoms with Gasteiger partial charge in [0.1, 0.15) is 5.69 Å². The van der Waals surface area contributed by atoms with Crippen LogP contribution in [0.5, 0.6) is 0 Å². The van der Waals surface area contributed by atoms with Crippen LogP contribution in [0.1, 0.15) is 81.2 Å². The lowest BCUT2D eigenvalue weighted by atomic mass is 10.2. The van der Waals surface area contributed by atoms with Gasteiger partial charge in [0.15, 0.2) is 11.3 Å². The van der Waals surface area contributed by atoms with E-state index in [4.69, 9.17) is 0 Å². The van der Waals surface area contributed by atoms with Gasteiger partial charge < -0.3 is 10.2 Å². The highest BCUT2D eigenvalue weighted by Crippen LogP contribution is 2.29. The number of aryl methyl sites for hydroxylation is 1. The zero-order chi connectivity index (χ0) is 23.0. The van der Waals surface area contributed by atoms with Crippen LogP contribution in [0.4, 0.5) is 13.2 Å². The molecule has 2 aromatic rings. The van der Waals surface area contributed by atoms with E-state index in [1.54, 1.807) is 0 Å². The minimum atomic E-state index is -4.59. The second-order valence-corrected chi connectivity index (χ2v) is 8.17. The molecule has 2 heterocycles. The topological polar surface area (TPSA) is 62.5 Å². The number of hydrogen-bond acceptors (Lipinski definition) is 4. The highest BCUT2D eigenvalue weighted by atomic mass is 19.4. The monoisotopic (exact) mass is 441 g/mol. The van der Waals surface area contributed by atoms with Crippen molar-refractivity contribution in [2.75, 3.05) is 19.6 Å². The molecule has 1 amide bonds. The van der Waals surface area contributed by atoms with Gasteiger partial charge in [0, 0.05) is 24.3 Å². The van der Waals surface area contributed by atoms with E-state index in [9.17, 15) is 18.0 Å². The number of alkyl halides is 3. The Kier molecular flexibility index (Phi) is 9.28. The Morgan fingerprint density at radius 3 is 2.29 bits per heavy atom. The van der Waals surface area contributed by atoms with E-state index < -0.39 is 17.8 Å². The number of aromatic nitrogens is 3. The van der Waals surface area contributed by atoms with Gasteiger partial charge in [0.25, 0.3) is 5.91 Å². The third kappa shape index (κ3) is 7.48. The van der Waals surface area contributed by atoms with Crippen LogP contribution in [0.25, 0.3) is 5.65 Å². The first-order valence-electron chi connectivity index (χ1n) is 11.1. The first-order chi connectivity index (χ1) is 14.7. The van der Waals surface area contributed by atoms with Crippen molar-refractivity contribution in [2.24, 2.45) is 0 Å². The second-order valence-electron chi connectivity index (χ2n) is 8.17. The number of unbranched alkanes of at least 4 members (excludes halogenated alkanes) is 4. The summed E-state index contributed by atoms with van der Waals surface area (Å²) in [6.45, 7) is 10.4. The summed E-state index contributed by atoms with van der Waals surface area (Å²) in [6.07, 6.45) is 2.27. The van der Waals surface area contributed by atoms with Crippen molar-refractivity contribution < 1.29 is 18.0 Å². The molecule has 2 aromatic heterocycles. The maximum Gasteiger partial charge on any atom is 0.433 e. The van der Waals surface area contributed by atoms with Crippen LogP contribution in [0.15, 0.2) is 12.1 Å². The largest absolute Gasteiger partial charge is 0.433 e. The van der Waals surface area contributed by atoms with Gasteiger partial charge in [-0.3, -0.25) is 4.79 Å². The molecule has 0 aliphatic rings. The molecule has 1 atom stereocenters. The first kappa shape index (κ1) is 25.1. The molecule has 0 bridgehead atoms. The van der Waals surface area contributed by atoms with Crippen LogP contribution in [-0.4, -0.2) is 51.1 Å². The smallest absolute Gasteiger partial charge is 0.347 e. The second kappa shape index (κ2) is 11.5. The third-order valence-electron chi connectivity index (χ3n) is 5.14. The molecule has 0 saturated heterocycles. The predicted octanol–water partition coefficient (Wildman–Crippen LogP) is 4.86. The molecule has 0 aliphatic carbocycles. The lowest BCUT2D eigenvalue weighted by Crippen LogP contribution is -2.42. The Hall–Kier alpha value is -2.16. The lowest BCUT2D eigenvalue weighted by Gasteiger charge is -2.26. The lowest BCUT2D eigenvalue weighted by molar-refractivity contribution is -0.142. The average molecular weight is 442 g/mol. The van der Waals surface area contributed by atoms with E-state index >= 15 is 0 Å². The summed E-state index contributed by atoms with van der Waals surface area (Å²) in [7, 11) is 0. The normalized spacial score (nSPS) is 13.2. The molecule has 2 rings (SSSR count). The molecule has 0 aliphatic heterocycles. The first-order valence-corrected chi connectivity index (χ1v) is 11.1. The summed E-state index contributed by atoms with van der Waals surface area (Å²) in [5.74, 6) is -0.495. The molecule has 0 aromatic carbocycles. The number of halogens is 3. The van der Waals surface area contributed by atoms with Gasteiger partial charge in [-0.2, -0.15) is 18.3 Å². The van der Waals surface area contributed by atoms with Crippen LogP contribution in [-0.2, 0) is 6.18 Å². The molecule has 0 fully saturated rings. The molecule has 9 heteroatoms. The van der Waals surface area contributed by atoms with Gasteiger partial charge in [-0.05, 0) is 45.8 Å². The number of fused-ring (bicyclic) bond motifs is 1. The SMILES string of the molecule is CCCCCN(CCCCC)CC(C)NC(=O)c1cc2nc(C)cc(C(F)(F)F)n2n1. The standard InChI is InChI=1S/C22H34F3N5O/c1-5-7-9-11-29(12-10-8-6-2)15-17(4)27-21(31)18-14-20-26-16(3)13-19(22(23,24)25)30(20)28-18/h13-14,17H,5-12,15H2,1-4H3,(H,27,31). The van der Waals surface area contributed by atoms with Crippen molar-refractivity contribution in [1.82, 2.24) is 24.8 Å². The van der Waals surface area contributed by atoms with Crippen LogP contribution in [0.2, 0.25) is 0 Å². The van der Waals surface area contributed by atoms with E-state index in [-0.39, 0.29) is 23.1 Å². The fourth-order valence-electron chi connectivity index (χ4n) is 3.61. The number of nitrogens with one attached hydrogen (secondary N) is 1. The van der Waals surface area contributed by atoms with Crippen LogP contribution in [0, 0.1) is 6.92 Å². The number of rotatable bonds is 12. The van der Waals surface area contributed by atoms with Crippen molar-refractivity contribution in [3.8, 4) is 0 Å². The highest BCUT2D eigenvalue weighted by Gasteiger charge is 2.35. The van der Waals surface area contributed by atoms with Gasteiger partial charge in [0.2, 0.25) is 0 Å². The molecule has 0 saturated carbocycles. The van der Waals surface area contributed by atoms with Crippen molar-refractivity contribution in [3.63, 3.8) is 0 Å². The number of carbonyl (C=O) groups is 1. The van der Waals surface area contributed by atoms with E-state index in [2.05, 4.69) is 34.1 Å². The van der Waals surface area contributed by atoms with E-state index in [0.717, 1.165) is 44.8 Å². The molecule has 31 heavy (non-hydrogen) atoms. The molecule has 1 unspecified atom stereocenters. The fraction of sp³-hybridized carbons (Fsp3) is 0.682. The number of nitrogens with zero attached hydrogens (tertiary/aromatic N) is 4. The van der Waals surface area contributed by atoms with Gasteiger partial charge in [-0.25, -0.2) is 9.50 Å². The summed E-state index contributed by atoms with van der Waals surface area (Å²) < 4.78 is 40.7. The minimum Gasteiger partial charge on any atom is -0.347 e. The Bertz CT molecular complexity index is 840. The summed E-state index contributed by atoms with van der Waals surface area (Å²) in [5, 5.41) is 6.76. The third-order valence-corrected chi connectivity index (χ3v) is 5.14. The van der Waals surface area contributed by atoms with Crippen molar-refractivity contribution in [1.29, 1.82) is 0 Å². The average Bonchev–Trinajstić information content (AvgIpc) is 3.10. The molecule has 6 nitrogen and oxygen atoms in total. The Labute approximate surface area is 182 Å². The van der Waals surface area contributed by atoms with Crippen molar-refractivity contribution in [2.45, 2.75) is 78.4 Å². The summed E-state index contributed by atoms with van der Waals surface area (Å²) in [5.41, 5.74) is -0.792.